The average Bonchev–Trinajstić information content (AvgIpc) is 3.59. The lowest BCUT2D eigenvalue weighted by atomic mass is 9.95. The smallest absolute Gasteiger partial charge is 0.254 e. The number of amides is 3. The van der Waals surface area contributed by atoms with E-state index in [0.29, 0.717) is 50.2 Å². The number of carbonyl (C=O) groups excluding carboxylic acids is 3. The molecule has 0 aliphatic heterocycles. The van der Waals surface area contributed by atoms with Crippen molar-refractivity contribution in [3.05, 3.63) is 91.5 Å². The van der Waals surface area contributed by atoms with Crippen LogP contribution in [0.3, 0.4) is 0 Å². The Hall–Kier alpha value is -3.38. The summed E-state index contributed by atoms with van der Waals surface area (Å²) in [6, 6.07) is 14.4. The zero-order valence-electron chi connectivity index (χ0n) is 23.4. The molecule has 9 nitrogen and oxygen atoms in total. The van der Waals surface area contributed by atoms with Gasteiger partial charge >= 0.3 is 0 Å². The first kappa shape index (κ1) is 31.1. The fraction of sp³-hybridized carbons (Fsp3) is 0.300. The van der Waals surface area contributed by atoms with E-state index < -0.39 is 0 Å². The summed E-state index contributed by atoms with van der Waals surface area (Å²) in [5, 5.41) is 19.1. The molecule has 224 valence electrons. The molecule has 2 heterocycles. The van der Waals surface area contributed by atoms with Crippen LogP contribution in [0.25, 0.3) is 0 Å². The van der Waals surface area contributed by atoms with Gasteiger partial charge in [-0.25, -0.2) is 0 Å². The highest BCUT2D eigenvalue weighted by Gasteiger charge is 2.26. The number of carbonyl (C=O) groups is 3. The number of hydrogen-bond acceptors (Lipinski definition) is 7. The van der Waals surface area contributed by atoms with Crippen molar-refractivity contribution >= 4 is 69.0 Å². The summed E-state index contributed by atoms with van der Waals surface area (Å²) in [6.07, 6.45) is 3.83. The molecule has 0 atom stereocenters. The molecule has 3 amide bonds. The number of aromatic nitrogens is 3. The van der Waals surface area contributed by atoms with E-state index >= 15 is 0 Å². The minimum atomic E-state index is -0.319. The number of halogens is 2. The molecule has 43 heavy (non-hydrogen) atoms. The summed E-state index contributed by atoms with van der Waals surface area (Å²) in [5.74, 6) is -0.0889. The van der Waals surface area contributed by atoms with Crippen LogP contribution < -0.4 is 16.0 Å². The van der Waals surface area contributed by atoms with Crippen molar-refractivity contribution in [2.45, 2.75) is 57.4 Å². The van der Waals surface area contributed by atoms with E-state index in [-0.39, 0.29) is 30.0 Å². The van der Waals surface area contributed by atoms with Crippen LogP contribution in [0.1, 0.15) is 62.3 Å². The van der Waals surface area contributed by atoms with Crippen LogP contribution in [-0.4, -0.2) is 38.2 Å². The molecule has 0 unspecified atom stereocenters. The lowest BCUT2D eigenvalue weighted by molar-refractivity contribution is -0.113. The number of thioether (sulfide) groups is 1. The highest BCUT2D eigenvalue weighted by molar-refractivity contribution is 7.99. The molecule has 2 aromatic heterocycles. The van der Waals surface area contributed by atoms with E-state index in [1.807, 2.05) is 41.8 Å². The average molecular weight is 658 g/mol. The topological polar surface area (TPSA) is 118 Å². The monoisotopic (exact) mass is 656 g/mol. The summed E-state index contributed by atoms with van der Waals surface area (Å²) in [7, 11) is 0. The highest BCUT2D eigenvalue weighted by Crippen LogP contribution is 2.38. The van der Waals surface area contributed by atoms with Gasteiger partial charge in [0.15, 0.2) is 11.0 Å². The van der Waals surface area contributed by atoms with E-state index in [1.165, 1.54) is 29.2 Å². The fourth-order valence-electron chi connectivity index (χ4n) is 4.83. The number of hydrogen-bond donors (Lipinski definition) is 3. The van der Waals surface area contributed by atoms with Crippen LogP contribution in [0.5, 0.6) is 0 Å². The maximum Gasteiger partial charge on any atom is 0.254 e. The number of rotatable bonds is 11. The summed E-state index contributed by atoms with van der Waals surface area (Å²) in [4.78, 5) is 40.2. The van der Waals surface area contributed by atoms with Crippen molar-refractivity contribution in [1.82, 2.24) is 25.4 Å². The van der Waals surface area contributed by atoms with Gasteiger partial charge in [-0.15, -0.1) is 21.5 Å². The number of fused-ring (bicyclic) bond motifs is 1. The fourth-order valence-corrected chi connectivity index (χ4v) is 7.25. The van der Waals surface area contributed by atoms with Crippen LogP contribution in [0, 0.1) is 0 Å². The zero-order valence-corrected chi connectivity index (χ0v) is 26.6. The lowest BCUT2D eigenvalue weighted by Gasteiger charge is -2.13. The van der Waals surface area contributed by atoms with Crippen LogP contribution in [0.2, 0.25) is 10.0 Å². The third-order valence-corrected chi connectivity index (χ3v) is 9.89. The second-order valence-electron chi connectivity index (χ2n) is 9.87. The molecule has 13 heteroatoms. The first-order valence-electron chi connectivity index (χ1n) is 13.9. The van der Waals surface area contributed by atoms with Crippen molar-refractivity contribution in [3.8, 4) is 0 Å². The van der Waals surface area contributed by atoms with Crippen LogP contribution in [0.4, 0.5) is 5.00 Å². The molecular formula is C30H30Cl2N6O3S2. The van der Waals surface area contributed by atoms with Crippen LogP contribution >= 0.6 is 46.3 Å². The number of benzene rings is 2. The first-order chi connectivity index (χ1) is 20.8. The van der Waals surface area contributed by atoms with Gasteiger partial charge in [-0.3, -0.25) is 14.4 Å². The summed E-state index contributed by atoms with van der Waals surface area (Å²) in [5.41, 5.74) is 3.01. The second-order valence-corrected chi connectivity index (χ2v) is 12.7. The van der Waals surface area contributed by atoms with Gasteiger partial charge < -0.3 is 20.5 Å². The molecule has 0 spiro atoms. The SMILES string of the molecule is CCn1c(CNC(=O)c2ccc(Cl)c(Cl)c2)nnc1SCC(=O)Nc1sc2c(c1C(=O)NCc1ccccc1)CCCC2. The summed E-state index contributed by atoms with van der Waals surface area (Å²) in [6.45, 7) is 3.05. The number of aryl methyl sites for hydroxylation is 1. The molecule has 1 aliphatic carbocycles. The lowest BCUT2D eigenvalue weighted by Crippen LogP contribution is -2.26. The molecule has 1 aliphatic rings. The number of thiophene rings is 1. The molecule has 0 fully saturated rings. The van der Waals surface area contributed by atoms with E-state index in [9.17, 15) is 14.4 Å². The first-order valence-corrected chi connectivity index (χ1v) is 16.4. The Labute approximate surface area is 267 Å². The van der Waals surface area contributed by atoms with Gasteiger partial charge in [-0.05, 0) is 61.9 Å². The molecule has 0 radical (unpaired) electrons. The third-order valence-electron chi connectivity index (χ3n) is 6.98. The van der Waals surface area contributed by atoms with Crippen molar-refractivity contribution < 1.29 is 14.4 Å². The maximum absolute atomic E-state index is 13.3. The minimum absolute atomic E-state index is 0.0847. The highest BCUT2D eigenvalue weighted by atomic mass is 35.5. The normalized spacial score (nSPS) is 12.4. The Morgan fingerprint density at radius 1 is 0.953 bits per heavy atom. The van der Waals surface area contributed by atoms with E-state index in [1.54, 1.807) is 12.1 Å². The predicted molar refractivity (Wildman–Crippen MR) is 171 cm³/mol. The number of nitrogens with zero attached hydrogens (tertiary/aromatic N) is 3. The van der Waals surface area contributed by atoms with Gasteiger partial charge in [0.25, 0.3) is 11.8 Å². The van der Waals surface area contributed by atoms with E-state index in [4.69, 9.17) is 23.2 Å². The molecule has 3 N–H and O–H groups in total. The van der Waals surface area contributed by atoms with Crippen molar-refractivity contribution in [2.24, 2.45) is 0 Å². The van der Waals surface area contributed by atoms with Gasteiger partial charge in [-0.2, -0.15) is 0 Å². The van der Waals surface area contributed by atoms with Gasteiger partial charge in [0.1, 0.15) is 5.00 Å². The summed E-state index contributed by atoms with van der Waals surface area (Å²) < 4.78 is 1.85. The molecule has 2 aromatic carbocycles. The van der Waals surface area contributed by atoms with Crippen LogP contribution in [0.15, 0.2) is 53.7 Å². The quantitative estimate of drug-likeness (QED) is 0.167. The van der Waals surface area contributed by atoms with Gasteiger partial charge in [0.05, 0.1) is 27.9 Å². The zero-order chi connectivity index (χ0) is 30.3. The number of anilines is 1. The largest absolute Gasteiger partial charge is 0.348 e. The predicted octanol–water partition coefficient (Wildman–Crippen LogP) is 6.14. The van der Waals surface area contributed by atoms with Gasteiger partial charge in [0, 0.05) is 23.5 Å². The molecule has 4 aromatic rings. The minimum Gasteiger partial charge on any atom is -0.348 e. The van der Waals surface area contributed by atoms with Crippen molar-refractivity contribution in [2.75, 3.05) is 11.1 Å². The molecule has 5 rings (SSSR count). The molecular weight excluding hydrogens is 627 g/mol. The van der Waals surface area contributed by atoms with Crippen LogP contribution in [-0.2, 0) is 37.3 Å². The van der Waals surface area contributed by atoms with Gasteiger partial charge in [-0.1, -0.05) is 65.3 Å². The maximum atomic E-state index is 13.3. The van der Waals surface area contributed by atoms with E-state index in [2.05, 4.69) is 26.1 Å². The Bertz CT molecular complexity index is 1640. The standard InChI is InChI=1S/C30H30Cl2N6O3S2/c1-2-38-24(16-34-27(40)19-12-13-21(31)22(32)14-19)36-37-30(38)42-17-25(39)35-29-26(20-10-6-7-11-23(20)43-29)28(41)33-15-18-8-4-3-5-9-18/h3-5,8-9,12-14H,2,6-7,10-11,15-17H2,1H3,(H,33,41)(H,34,40)(H,35,39). The van der Waals surface area contributed by atoms with Crippen molar-refractivity contribution in [1.29, 1.82) is 0 Å². The van der Waals surface area contributed by atoms with E-state index in [0.717, 1.165) is 41.7 Å². The summed E-state index contributed by atoms with van der Waals surface area (Å²) >= 11 is 14.7. The molecule has 0 bridgehead atoms. The Morgan fingerprint density at radius 2 is 1.72 bits per heavy atom. The Balaban J connectivity index is 1.21. The Kier molecular flexibility index (Phi) is 10.4. The Morgan fingerprint density at radius 3 is 2.49 bits per heavy atom. The van der Waals surface area contributed by atoms with Crippen molar-refractivity contribution in [3.63, 3.8) is 0 Å². The molecule has 0 saturated carbocycles. The molecule has 0 saturated heterocycles. The number of nitrogens with one attached hydrogen (secondary N) is 3. The van der Waals surface area contributed by atoms with Gasteiger partial charge in [0.2, 0.25) is 5.91 Å². The third kappa shape index (κ3) is 7.59. The second kappa shape index (κ2) is 14.4.